The second-order valence-electron chi connectivity index (χ2n) is 5.75. The summed E-state index contributed by atoms with van der Waals surface area (Å²) < 4.78 is 5.55. The molecule has 1 saturated carbocycles. The lowest BCUT2D eigenvalue weighted by molar-refractivity contribution is -0.0543. The van der Waals surface area contributed by atoms with E-state index in [9.17, 15) is 5.11 Å². The normalized spacial score (nSPS) is 26.9. The summed E-state index contributed by atoms with van der Waals surface area (Å²) in [5.74, 6) is 1.24. The Balaban J connectivity index is 1.99. The fraction of sp³-hybridized carbons (Fsp3) is 0.647. The van der Waals surface area contributed by atoms with Gasteiger partial charge < -0.3 is 9.84 Å². The Hall–Kier alpha value is -0.860. The molecule has 0 saturated heterocycles. The second kappa shape index (κ2) is 7.06. The molecule has 1 aromatic carbocycles. The quantitative estimate of drug-likeness (QED) is 0.870. The lowest BCUT2D eigenvalue weighted by Gasteiger charge is -2.34. The molecular formula is C17H26O2. The molecule has 0 bridgehead atoms. The van der Waals surface area contributed by atoms with Crippen molar-refractivity contribution in [2.75, 3.05) is 7.11 Å². The van der Waals surface area contributed by atoms with Crippen LogP contribution < -0.4 is 0 Å². The molecule has 1 fully saturated rings. The molecule has 1 aliphatic rings. The van der Waals surface area contributed by atoms with Crippen LogP contribution in [0.15, 0.2) is 30.3 Å². The summed E-state index contributed by atoms with van der Waals surface area (Å²) in [7, 11) is 1.69. The molecule has 2 atom stereocenters. The molecule has 2 unspecified atom stereocenters. The molecule has 0 aromatic heterocycles. The number of hydrogen-bond donors (Lipinski definition) is 1. The molecule has 2 rings (SSSR count). The van der Waals surface area contributed by atoms with Crippen LogP contribution in [0, 0.1) is 11.8 Å². The Bertz CT molecular complexity index is 355. The van der Waals surface area contributed by atoms with Crippen molar-refractivity contribution in [1.29, 1.82) is 0 Å². The van der Waals surface area contributed by atoms with Crippen LogP contribution in [-0.2, 0) is 4.74 Å². The van der Waals surface area contributed by atoms with Crippen molar-refractivity contribution in [1.82, 2.24) is 0 Å². The monoisotopic (exact) mass is 262 g/mol. The number of methoxy groups -OCH3 is 1. The van der Waals surface area contributed by atoms with Crippen molar-refractivity contribution in [3.8, 4) is 0 Å². The molecule has 1 aliphatic carbocycles. The van der Waals surface area contributed by atoms with Crippen LogP contribution in [0.2, 0.25) is 0 Å². The summed E-state index contributed by atoms with van der Waals surface area (Å²) in [6, 6.07) is 10.1. The van der Waals surface area contributed by atoms with E-state index in [1.807, 2.05) is 30.3 Å². The molecule has 19 heavy (non-hydrogen) atoms. The van der Waals surface area contributed by atoms with E-state index in [1.165, 1.54) is 19.3 Å². The second-order valence-corrected chi connectivity index (χ2v) is 5.75. The molecule has 0 spiro atoms. The van der Waals surface area contributed by atoms with E-state index in [1.54, 1.807) is 7.11 Å². The van der Waals surface area contributed by atoms with Gasteiger partial charge in [0.05, 0.1) is 6.10 Å². The first-order valence-corrected chi connectivity index (χ1v) is 7.52. The van der Waals surface area contributed by atoms with Crippen molar-refractivity contribution < 1.29 is 9.84 Å². The number of hydrogen-bond acceptors (Lipinski definition) is 2. The maximum Gasteiger partial charge on any atom is 0.108 e. The van der Waals surface area contributed by atoms with E-state index in [4.69, 9.17) is 4.74 Å². The smallest absolute Gasteiger partial charge is 0.108 e. The minimum absolute atomic E-state index is 0.190. The van der Waals surface area contributed by atoms with E-state index in [2.05, 4.69) is 6.92 Å². The first-order valence-electron chi connectivity index (χ1n) is 7.52. The Morgan fingerprint density at radius 1 is 1.16 bits per heavy atom. The first kappa shape index (κ1) is 14.5. The minimum Gasteiger partial charge on any atom is -0.390 e. The summed E-state index contributed by atoms with van der Waals surface area (Å²) in [6.07, 6.45) is 5.47. The van der Waals surface area contributed by atoms with Crippen LogP contribution >= 0.6 is 0 Å². The third-order valence-corrected chi connectivity index (χ3v) is 4.64. The molecule has 1 N–H and O–H groups in total. The molecule has 2 nitrogen and oxygen atoms in total. The lowest BCUT2D eigenvalue weighted by atomic mass is 9.76. The predicted octanol–water partition coefficient (Wildman–Crippen LogP) is 3.95. The number of benzene rings is 1. The van der Waals surface area contributed by atoms with Gasteiger partial charge in [-0.2, -0.15) is 0 Å². The SMILES string of the molecule is CCC1CCC(C(O)C(OC)c2ccccc2)CC1. The Kier molecular flexibility index (Phi) is 5.41. The van der Waals surface area contributed by atoms with Crippen LogP contribution in [0.5, 0.6) is 0 Å². The fourth-order valence-corrected chi connectivity index (χ4v) is 3.30. The van der Waals surface area contributed by atoms with Gasteiger partial charge >= 0.3 is 0 Å². The van der Waals surface area contributed by atoms with Gasteiger partial charge in [-0.25, -0.2) is 0 Å². The number of ether oxygens (including phenoxy) is 1. The molecule has 0 heterocycles. The minimum atomic E-state index is -0.384. The van der Waals surface area contributed by atoms with Gasteiger partial charge in [0.15, 0.2) is 0 Å². The maximum atomic E-state index is 10.6. The van der Waals surface area contributed by atoms with Gasteiger partial charge in [-0.05, 0) is 30.2 Å². The average molecular weight is 262 g/mol. The zero-order valence-corrected chi connectivity index (χ0v) is 12.1. The number of rotatable bonds is 5. The van der Waals surface area contributed by atoms with Gasteiger partial charge in [0.25, 0.3) is 0 Å². The Morgan fingerprint density at radius 3 is 2.32 bits per heavy atom. The van der Waals surface area contributed by atoms with Crippen LogP contribution in [0.1, 0.15) is 50.7 Å². The summed E-state index contributed by atoms with van der Waals surface area (Å²) in [5, 5.41) is 10.6. The predicted molar refractivity (Wildman–Crippen MR) is 77.9 cm³/mol. The highest BCUT2D eigenvalue weighted by Crippen LogP contribution is 2.37. The summed E-state index contributed by atoms with van der Waals surface area (Å²) in [6.45, 7) is 2.27. The zero-order chi connectivity index (χ0) is 13.7. The largest absolute Gasteiger partial charge is 0.390 e. The molecular weight excluding hydrogens is 236 g/mol. The fourth-order valence-electron chi connectivity index (χ4n) is 3.30. The van der Waals surface area contributed by atoms with Crippen LogP contribution in [-0.4, -0.2) is 18.3 Å². The van der Waals surface area contributed by atoms with Gasteiger partial charge in [-0.1, -0.05) is 56.5 Å². The highest BCUT2D eigenvalue weighted by atomic mass is 16.5. The van der Waals surface area contributed by atoms with E-state index >= 15 is 0 Å². The number of aliphatic hydroxyl groups is 1. The van der Waals surface area contributed by atoms with E-state index in [-0.39, 0.29) is 12.2 Å². The molecule has 0 aliphatic heterocycles. The average Bonchev–Trinajstić information content (AvgIpc) is 2.49. The zero-order valence-electron chi connectivity index (χ0n) is 12.1. The van der Waals surface area contributed by atoms with Crippen molar-refractivity contribution >= 4 is 0 Å². The third-order valence-electron chi connectivity index (χ3n) is 4.64. The van der Waals surface area contributed by atoms with Crippen molar-refractivity contribution in [2.45, 2.75) is 51.2 Å². The molecule has 0 amide bonds. The number of aliphatic hydroxyl groups excluding tert-OH is 1. The van der Waals surface area contributed by atoms with E-state index in [0.29, 0.717) is 5.92 Å². The van der Waals surface area contributed by atoms with E-state index < -0.39 is 0 Å². The molecule has 2 heteroatoms. The molecule has 106 valence electrons. The summed E-state index contributed by atoms with van der Waals surface area (Å²) in [5.41, 5.74) is 1.08. The van der Waals surface area contributed by atoms with E-state index in [0.717, 1.165) is 24.3 Å². The first-order chi connectivity index (χ1) is 9.26. The van der Waals surface area contributed by atoms with Crippen molar-refractivity contribution in [3.63, 3.8) is 0 Å². The maximum absolute atomic E-state index is 10.6. The Morgan fingerprint density at radius 2 is 1.79 bits per heavy atom. The van der Waals surface area contributed by atoms with Gasteiger partial charge in [-0.15, -0.1) is 0 Å². The third kappa shape index (κ3) is 3.58. The van der Waals surface area contributed by atoms with Crippen molar-refractivity contribution in [2.24, 2.45) is 11.8 Å². The highest BCUT2D eigenvalue weighted by Gasteiger charge is 2.31. The van der Waals surface area contributed by atoms with Gasteiger partial charge in [0.2, 0.25) is 0 Å². The molecule has 1 aromatic rings. The highest BCUT2D eigenvalue weighted by molar-refractivity contribution is 5.19. The lowest BCUT2D eigenvalue weighted by Crippen LogP contribution is -2.31. The van der Waals surface area contributed by atoms with Crippen LogP contribution in [0.25, 0.3) is 0 Å². The standard InChI is InChI=1S/C17H26O2/c1-3-13-9-11-14(12-10-13)16(18)17(19-2)15-7-5-4-6-8-15/h4-8,13-14,16-18H,3,9-12H2,1-2H3. The summed E-state index contributed by atoms with van der Waals surface area (Å²) >= 11 is 0. The molecule has 0 radical (unpaired) electrons. The topological polar surface area (TPSA) is 29.5 Å². The Labute approximate surface area is 116 Å². The van der Waals surface area contributed by atoms with Gasteiger partial charge in [-0.3, -0.25) is 0 Å². The summed E-state index contributed by atoms with van der Waals surface area (Å²) in [4.78, 5) is 0. The van der Waals surface area contributed by atoms with Crippen LogP contribution in [0.3, 0.4) is 0 Å². The van der Waals surface area contributed by atoms with Gasteiger partial charge in [0, 0.05) is 7.11 Å². The van der Waals surface area contributed by atoms with Gasteiger partial charge in [0.1, 0.15) is 6.10 Å². The van der Waals surface area contributed by atoms with Crippen LogP contribution in [0.4, 0.5) is 0 Å². The van der Waals surface area contributed by atoms with Crippen molar-refractivity contribution in [3.05, 3.63) is 35.9 Å².